The van der Waals surface area contributed by atoms with Crippen LogP contribution in [0.4, 0.5) is 0 Å². The van der Waals surface area contributed by atoms with E-state index < -0.39 is 0 Å². The third kappa shape index (κ3) is 5.44. The fourth-order valence-electron chi connectivity index (χ4n) is 4.38. The molecule has 1 amide bonds. The second kappa shape index (κ2) is 10.6. The Balaban J connectivity index is 1.29. The summed E-state index contributed by atoms with van der Waals surface area (Å²) in [4.78, 5) is 19.6. The van der Waals surface area contributed by atoms with Crippen LogP contribution in [-0.4, -0.2) is 59.4 Å². The second-order valence-corrected chi connectivity index (χ2v) is 8.66. The number of hydrogen-bond donors (Lipinski definition) is 1. The molecule has 5 rings (SSSR count). The van der Waals surface area contributed by atoms with Crippen molar-refractivity contribution in [3.8, 4) is 11.5 Å². The molecule has 2 aromatic carbocycles. The number of carbonyl (C=O) groups excluding carboxylic acids is 1. The monoisotopic (exact) mass is 472 g/mol. The van der Waals surface area contributed by atoms with Crippen molar-refractivity contribution in [3.63, 3.8) is 0 Å². The highest BCUT2D eigenvalue weighted by Crippen LogP contribution is 2.30. The number of hydrogen-bond acceptors (Lipinski definition) is 6. The van der Waals surface area contributed by atoms with Crippen LogP contribution in [0.25, 0.3) is 10.9 Å². The smallest absolute Gasteiger partial charge is 0.254 e. The van der Waals surface area contributed by atoms with Crippen molar-refractivity contribution in [2.45, 2.75) is 13.0 Å². The number of aromatic amines is 1. The van der Waals surface area contributed by atoms with Crippen molar-refractivity contribution in [3.05, 3.63) is 83.8 Å². The number of amides is 1. The first kappa shape index (κ1) is 22.9. The zero-order valence-electron chi connectivity index (χ0n) is 19.6. The molecule has 0 unspecified atom stereocenters. The Morgan fingerprint density at radius 3 is 2.97 bits per heavy atom. The van der Waals surface area contributed by atoms with E-state index in [-0.39, 0.29) is 18.4 Å². The molecule has 1 N–H and O–H groups in total. The van der Waals surface area contributed by atoms with Crippen molar-refractivity contribution in [2.24, 2.45) is 5.92 Å². The van der Waals surface area contributed by atoms with Crippen molar-refractivity contribution in [1.29, 1.82) is 0 Å². The predicted octanol–water partition coefficient (Wildman–Crippen LogP) is 3.88. The van der Waals surface area contributed by atoms with E-state index in [9.17, 15) is 4.79 Å². The topological polar surface area (TPSA) is 89.6 Å². The van der Waals surface area contributed by atoms with Crippen LogP contribution in [-0.2, 0) is 17.8 Å². The van der Waals surface area contributed by atoms with Crippen LogP contribution in [0.5, 0.6) is 11.5 Å². The zero-order chi connectivity index (χ0) is 24.0. The average molecular weight is 473 g/mol. The molecule has 180 valence electrons. The summed E-state index contributed by atoms with van der Waals surface area (Å²) < 4.78 is 17.3. The number of pyridine rings is 1. The summed E-state index contributed by atoms with van der Waals surface area (Å²) in [5.74, 6) is 1.24. The Morgan fingerprint density at radius 2 is 2.11 bits per heavy atom. The molecular weight excluding hydrogens is 444 g/mol. The molecule has 1 aliphatic heterocycles. The van der Waals surface area contributed by atoms with Crippen LogP contribution in [0.2, 0.25) is 0 Å². The van der Waals surface area contributed by atoms with Crippen LogP contribution in [0, 0.1) is 5.92 Å². The van der Waals surface area contributed by atoms with Gasteiger partial charge in [0.05, 0.1) is 37.7 Å². The highest BCUT2D eigenvalue weighted by molar-refractivity contribution is 5.95. The maximum absolute atomic E-state index is 13.5. The molecule has 1 fully saturated rings. The Labute approximate surface area is 203 Å². The number of benzene rings is 2. The van der Waals surface area contributed by atoms with E-state index in [0.717, 1.165) is 23.0 Å². The molecule has 8 heteroatoms. The number of H-pyrrole nitrogens is 1. The van der Waals surface area contributed by atoms with E-state index in [0.29, 0.717) is 43.4 Å². The van der Waals surface area contributed by atoms with E-state index >= 15 is 0 Å². The number of ether oxygens (including phenoxy) is 3. The summed E-state index contributed by atoms with van der Waals surface area (Å²) in [7, 11) is 1.59. The van der Waals surface area contributed by atoms with Crippen LogP contribution in [0.15, 0.2) is 67.0 Å². The largest absolute Gasteiger partial charge is 0.493 e. The van der Waals surface area contributed by atoms with Crippen LogP contribution < -0.4 is 9.47 Å². The summed E-state index contributed by atoms with van der Waals surface area (Å²) >= 11 is 0. The standard InChI is InChI=1S/C27H28N4O4/c1-33-25-8-6-21(14-26(25)35-18-23-4-2-3-9-28-23)27(32)31-10-11-34-17-20(16-31)12-19-5-7-24-22(13-19)15-29-30-24/h2-9,13-15,20H,10-12,16-18H2,1H3,(H,29,30)/t20-/m0/s1. The third-order valence-corrected chi connectivity index (χ3v) is 6.17. The van der Waals surface area contributed by atoms with Crippen molar-refractivity contribution < 1.29 is 19.0 Å². The van der Waals surface area contributed by atoms with Crippen LogP contribution >= 0.6 is 0 Å². The second-order valence-electron chi connectivity index (χ2n) is 8.66. The highest BCUT2D eigenvalue weighted by Gasteiger charge is 2.25. The van der Waals surface area contributed by atoms with Gasteiger partial charge in [0, 0.05) is 36.2 Å². The van der Waals surface area contributed by atoms with Gasteiger partial charge in [-0.25, -0.2) is 0 Å². The Hall–Kier alpha value is -3.91. The van der Waals surface area contributed by atoms with E-state index in [2.05, 4.69) is 27.3 Å². The summed E-state index contributed by atoms with van der Waals surface area (Å²) in [6, 6.07) is 17.3. The minimum atomic E-state index is -0.0453. The molecule has 0 bridgehead atoms. The first-order valence-corrected chi connectivity index (χ1v) is 11.7. The molecule has 1 atom stereocenters. The summed E-state index contributed by atoms with van der Waals surface area (Å²) in [5.41, 5.74) is 3.58. The van der Waals surface area contributed by atoms with E-state index in [1.807, 2.05) is 35.4 Å². The summed E-state index contributed by atoms with van der Waals surface area (Å²) in [6.45, 7) is 2.59. The Bertz CT molecular complexity index is 1290. The van der Waals surface area contributed by atoms with Crippen molar-refractivity contribution >= 4 is 16.8 Å². The lowest BCUT2D eigenvalue weighted by Crippen LogP contribution is -2.36. The van der Waals surface area contributed by atoms with Gasteiger partial charge in [-0.15, -0.1) is 0 Å². The number of fused-ring (bicyclic) bond motifs is 1. The number of methoxy groups -OCH3 is 1. The predicted molar refractivity (Wildman–Crippen MR) is 132 cm³/mol. The average Bonchev–Trinajstić information content (AvgIpc) is 3.24. The molecule has 35 heavy (non-hydrogen) atoms. The number of nitrogens with one attached hydrogen (secondary N) is 1. The summed E-state index contributed by atoms with van der Waals surface area (Å²) in [5, 5.41) is 8.16. The normalized spacial score (nSPS) is 16.1. The van der Waals surface area contributed by atoms with Gasteiger partial charge in [0.25, 0.3) is 5.91 Å². The molecule has 1 aliphatic rings. The van der Waals surface area contributed by atoms with Gasteiger partial charge in [-0.2, -0.15) is 5.10 Å². The fraction of sp³-hybridized carbons (Fsp3) is 0.296. The SMILES string of the molecule is COc1ccc(C(=O)N2CCOC[C@@H](Cc3ccc4[nH]ncc4c3)C2)cc1OCc1ccccn1. The number of aromatic nitrogens is 3. The Kier molecular flexibility index (Phi) is 6.90. The third-order valence-electron chi connectivity index (χ3n) is 6.17. The first-order chi connectivity index (χ1) is 17.2. The number of carbonyl (C=O) groups is 1. The number of rotatable bonds is 7. The maximum Gasteiger partial charge on any atom is 0.254 e. The van der Waals surface area contributed by atoms with Crippen molar-refractivity contribution in [1.82, 2.24) is 20.1 Å². The molecule has 4 aromatic rings. The van der Waals surface area contributed by atoms with Gasteiger partial charge in [-0.3, -0.25) is 14.9 Å². The molecule has 1 saturated heterocycles. The molecular formula is C27H28N4O4. The molecule has 0 saturated carbocycles. The fourth-order valence-corrected chi connectivity index (χ4v) is 4.38. The van der Waals surface area contributed by atoms with Gasteiger partial charge in [0.15, 0.2) is 11.5 Å². The highest BCUT2D eigenvalue weighted by atomic mass is 16.5. The van der Waals surface area contributed by atoms with Gasteiger partial charge in [0.1, 0.15) is 6.61 Å². The van der Waals surface area contributed by atoms with Gasteiger partial charge in [0.2, 0.25) is 0 Å². The molecule has 8 nitrogen and oxygen atoms in total. The van der Waals surface area contributed by atoms with Gasteiger partial charge in [-0.05, 0) is 54.4 Å². The Morgan fingerprint density at radius 1 is 1.17 bits per heavy atom. The van der Waals surface area contributed by atoms with Gasteiger partial charge < -0.3 is 19.1 Å². The zero-order valence-corrected chi connectivity index (χ0v) is 19.6. The van der Waals surface area contributed by atoms with Crippen LogP contribution in [0.1, 0.15) is 21.6 Å². The molecule has 0 aliphatic carbocycles. The first-order valence-electron chi connectivity index (χ1n) is 11.7. The van der Waals surface area contributed by atoms with Gasteiger partial charge in [-0.1, -0.05) is 12.1 Å². The lowest BCUT2D eigenvalue weighted by molar-refractivity contribution is 0.0736. The summed E-state index contributed by atoms with van der Waals surface area (Å²) in [6.07, 6.45) is 4.38. The quantitative estimate of drug-likeness (QED) is 0.439. The van der Waals surface area contributed by atoms with E-state index in [1.165, 1.54) is 5.56 Å². The molecule has 0 radical (unpaired) electrons. The van der Waals surface area contributed by atoms with E-state index in [1.54, 1.807) is 31.5 Å². The maximum atomic E-state index is 13.5. The number of nitrogens with zero attached hydrogens (tertiary/aromatic N) is 3. The lowest BCUT2D eigenvalue weighted by Gasteiger charge is -2.24. The van der Waals surface area contributed by atoms with Crippen molar-refractivity contribution in [2.75, 3.05) is 33.4 Å². The van der Waals surface area contributed by atoms with Gasteiger partial charge >= 0.3 is 0 Å². The van der Waals surface area contributed by atoms with Crippen LogP contribution in [0.3, 0.4) is 0 Å². The molecule has 3 heterocycles. The van der Waals surface area contributed by atoms with E-state index in [4.69, 9.17) is 14.2 Å². The lowest BCUT2D eigenvalue weighted by atomic mass is 9.98. The minimum absolute atomic E-state index is 0.0453. The minimum Gasteiger partial charge on any atom is -0.493 e. The molecule has 2 aromatic heterocycles. The molecule has 0 spiro atoms.